The van der Waals surface area contributed by atoms with E-state index in [0.717, 1.165) is 73.7 Å². The van der Waals surface area contributed by atoms with Gasteiger partial charge in [-0.3, -0.25) is 0 Å². The molecule has 0 amide bonds. The summed E-state index contributed by atoms with van der Waals surface area (Å²) in [4.78, 5) is 7.24. The van der Waals surface area contributed by atoms with Crippen LogP contribution in [-0.4, -0.2) is 36.7 Å². The summed E-state index contributed by atoms with van der Waals surface area (Å²) in [5.41, 5.74) is 7.13. The van der Waals surface area contributed by atoms with Crippen LogP contribution in [0.25, 0.3) is 0 Å². The molecule has 4 nitrogen and oxygen atoms in total. The van der Waals surface area contributed by atoms with Crippen LogP contribution in [0.5, 0.6) is 0 Å². The van der Waals surface area contributed by atoms with Gasteiger partial charge in [0.15, 0.2) is 0 Å². The Kier molecular flexibility index (Phi) is 16.9. The molecule has 263 valence electrons. The van der Waals surface area contributed by atoms with E-state index in [9.17, 15) is 13.2 Å². The minimum absolute atomic E-state index is 0. The summed E-state index contributed by atoms with van der Waals surface area (Å²) in [7, 11) is 8.65. The van der Waals surface area contributed by atoms with E-state index in [2.05, 4.69) is 70.4 Å². The molecule has 0 aliphatic carbocycles. The van der Waals surface area contributed by atoms with E-state index in [-0.39, 0.29) is 27.7 Å². The van der Waals surface area contributed by atoms with E-state index in [1.54, 1.807) is 23.1 Å². The summed E-state index contributed by atoms with van der Waals surface area (Å²) in [5.74, 6) is 0. The van der Waals surface area contributed by atoms with E-state index in [0.29, 0.717) is 11.4 Å². The first-order valence-corrected chi connectivity index (χ1v) is 22.3. The van der Waals surface area contributed by atoms with Crippen LogP contribution in [-0.2, 0) is 26.0 Å². The first-order valence-electron chi connectivity index (χ1n) is 15.7. The zero-order chi connectivity index (χ0) is 34.3. The summed E-state index contributed by atoms with van der Waals surface area (Å²) in [6, 6.07) is 20.6. The molecule has 12 heteroatoms. The van der Waals surface area contributed by atoms with Crippen molar-refractivity contribution in [2.45, 2.75) is 84.2 Å². The van der Waals surface area contributed by atoms with Crippen molar-refractivity contribution in [1.82, 2.24) is 0 Å². The van der Waals surface area contributed by atoms with Crippen molar-refractivity contribution >= 4 is 67.2 Å². The normalized spacial score (nSPS) is 14.4. The molecule has 3 unspecified atom stereocenters. The van der Waals surface area contributed by atoms with Gasteiger partial charge in [0.05, 0.1) is 17.0 Å². The Hall–Kier alpha value is -0.994. The van der Waals surface area contributed by atoms with Gasteiger partial charge in [-0.1, -0.05) is 59.9 Å². The van der Waals surface area contributed by atoms with Crippen molar-refractivity contribution < 1.29 is 33.0 Å². The fraction of sp³-hybridized carbons (Fsp3) is 0.429. The van der Waals surface area contributed by atoms with E-state index >= 15 is 0 Å². The van der Waals surface area contributed by atoms with Crippen molar-refractivity contribution in [2.75, 3.05) is 33.7 Å². The number of benzene rings is 3. The number of halogens is 3. The zero-order valence-electron chi connectivity index (χ0n) is 29.1. The van der Waals surface area contributed by atoms with Gasteiger partial charge in [-0.2, -0.15) is 26.5 Å². The van der Waals surface area contributed by atoms with Gasteiger partial charge in [-0.15, -0.1) is 38.5 Å². The molecule has 3 aromatic carbocycles. The first-order chi connectivity index (χ1) is 21.6. The Labute approximate surface area is 302 Å². The van der Waals surface area contributed by atoms with E-state index in [1.807, 2.05) is 72.4 Å². The monoisotopic (exact) mass is 901 g/mol. The number of para-hydroxylation sites is 4. The van der Waals surface area contributed by atoms with E-state index in [4.69, 9.17) is 0 Å². The van der Waals surface area contributed by atoms with Crippen LogP contribution in [0.4, 0.5) is 47.3 Å². The summed E-state index contributed by atoms with van der Waals surface area (Å²) in [5, 5.41) is 0. The maximum absolute atomic E-state index is 13.8. The quantitative estimate of drug-likeness (QED) is 0.173. The van der Waals surface area contributed by atoms with Gasteiger partial charge < -0.3 is 19.6 Å². The molecule has 5 rings (SSSR count). The molecule has 0 N–H and O–H groups in total. The molecule has 3 atom stereocenters. The molecule has 0 radical (unpaired) electrons. The van der Waals surface area contributed by atoms with Crippen LogP contribution in [0, 0.1) is 19.4 Å². The second-order valence-corrected chi connectivity index (χ2v) is 23.2. The molecule has 0 aromatic heterocycles. The van der Waals surface area contributed by atoms with Crippen LogP contribution < -0.4 is 19.6 Å². The third-order valence-electron chi connectivity index (χ3n) is 7.68. The summed E-state index contributed by atoms with van der Waals surface area (Å²) in [6.07, 6.45) is -4.48. The van der Waals surface area contributed by atoms with Crippen molar-refractivity contribution in [2.24, 2.45) is 0 Å². The Balaban J connectivity index is 0.000000378. The van der Waals surface area contributed by atoms with Gasteiger partial charge >= 0.3 is 26.0 Å². The Morgan fingerprint density at radius 1 is 0.702 bits per heavy atom. The number of anilines is 6. The summed E-state index contributed by atoms with van der Waals surface area (Å²) in [6.45, 7) is 22.3. The second kappa shape index (κ2) is 18.8. The summed E-state index contributed by atoms with van der Waals surface area (Å²) < 4.78 is 41.3. The average molecular weight is 900 g/mol. The van der Waals surface area contributed by atoms with Crippen LogP contribution in [0.1, 0.15) is 61.0 Å². The van der Waals surface area contributed by atoms with Gasteiger partial charge in [0, 0.05) is 30.7 Å². The van der Waals surface area contributed by atoms with Crippen molar-refractivity contribution in [3.05, 3.63) is 85.6 Å². The van der Waals surface area contributed by atoms with Crippen LogP contribution >= 0.6 is 33.1 Å². The first kappa shape index (κ1) is 42.2. The molecule has 0 fully saturated rings. The van der Waals surface area contributed by atoms with Crippen LogP contribution in [0.15, 0.2) is 60.7 Å². The molecular weight excluding hydrogens is 848 g/mol. The average Bonchev–Trinajstić information content (AvgIpc) is 3.49. The van der Waals surface area contributed by atoms with Gasteiger partial charge in [-0.25, -0.2) is 0 Å². The van der Waals surface area contributed by atoms with Gasteiger partial charge in [0.2, 0.25) is 0 Å². The molecule has 2 aliphatic rings. The number of alkyl halides is 3. The second-order valence-electron chi connectivity index (χ2n) is 12.7. The number of fused-ring (bicyclic) bond motifs is 2. The van der Waals surface area contributed by atoms with Gasteiger partial charge in [0.25, 0.3) is 0 Å². The molecule has 0 saturated heterocycles. The molecule has 2 aliphatic heterocycles. The predicted octanol–water partition coefficient (Wildman–Crippen LogP) is 11.5. The third kappa shape index (κ3) is 11.3. The number of rotatable bonds is 7. The molecule has 0 saturated carbocycles. The molecule has 0 spiro atoms. The Morgan fingerprint density at radius 2 is 1.06 bits per heavy atom. The number of hydrogen-bond acceptors (Lipinski definition) is 4. The maximum atomic E-state index is 13.8. The van der Waals surface area contributed by atoms with Crippen molar-refractivity contribution in [3.63, 3.8) is 0 Å². The van der Waals surface area contributed by atoms with Crippen molar-refractivity contribution in [3.8, 4) is 0 Å². The predicted molar refractivity (Wildman–Crippen MR) is 209 cm³/mol. The molecule has 0 bridgehead atoms. The fourth-order valence-corrected chi connectivity index (χ4v) is 14.4. The molecule has 47 heavy (non-hydrogen) atoms. The Bertz CT molecular complexity index is 1310. The third-order valence-corrected chi connectivity index (χ3v) is 16.2. The van der Waals surface area contributed by atoms with Crippen LogP contribution in [0.3, 0.4) is 0 Å². The number of hydrogen-bond donors (Lipinski definition) is 0. The standard InChI is InChI=1S/C23H18F3N4.C9H21P.C3H11P3.Os.H/c1-27-14-29(21-9-5-3-7-19(21)27)17-11-16(23(24,25)26)12-18(13-17)30-15-28(2)20-8-4-6-10-22(20)30;1-7(2)10(8(3)4)9(5)6;1-3(2)5-6-4;;/h3-12,14-15H,1-2H3;7-9H,1-6H3;3,5-6H,4H2,1-2H3;;/q-3;;;;/p+1. The Morgan fingerprint density at radius 3 is 1.32 bits per heavy atom. The summed E-state index contributed by atoms with van der Waals surface area (Å²) >= 11 is 0. The van der Waals surface area contributed by atoms with E-state index in [1.165, 1.54) is 0 Å². The molecular formula is C35H52F3N4OsP4-2. The number of nitrogens with zero attached hydrogens (tertiary/aromatic N) is 4. The SMILES string of the molecule is CC(C)PPP.CC(C)[PH+](C(C)C)C(C)C.CN1[CH-]N(c2[c-]c(N3[CH-]N(C)c4ccccc43)cc(C(F)(F)F)c2)c2ccccc21.[OsH]. The topological polar surface area (TPSA) is 13.0 Å². The van der Waals surface area contributed by atoms with Crippen molar-refractivity contribution in [1.29, 1.82) is 0 Å². The van der Waals surface area contributed by atoms with Gasteiger partial charge in [-0.05, 0) is 85.6 Å². The molecule has 2 heterocycles. The minimum atomic E-state index is -4.48. The fourth-order valence-electron chi connectivity index (χ4n) is 6.04. The molecule has 3 aromatic rings. The van der Waals surface area contributed by atoms with Crippen LogP contribution in [0.2, 0.25) is 0 Å². The van der Waals surface area contributed by atoms with Gasteiger partial charge in [0.1, 0.15) is 0 Å². The van der Waals surface area contributed by atoms with E-state index < -0.39 is 11.7 Å². The zero-order valence-corrected chi connectivity index (χ0v) is 36.0.